The third-order valence-electron chi connectivity index (χ3n) is 6.17. The zero-order valence-electron chi connectivity index (χ0n) is 13.6. The summed E-state index contributed by atoms with van der Waals surface area (Å²) in [6.45, 7) is 1.87. The van der Waals surface area contributed by atoms with Crippen LogP contribution in [-0.2, 0) is 6.18 Å². The molecule has 2 bridgehead atoms. The molecular formula is C17H19F3N2O2S. The molecule has 0 radical (unpaired) electrons. The van der Waals surface area contributed by atoms with Crippen LogP contribution in [0.15, 0.2) is 18.2 Å². The minimum absolute atomic E-state index is 0.105. The Morgan fingerprint density at radius 2 is 1.92 bits per heavy atom. The lowest BCUT2D eigenvalue weighted by Crippen LogP contribution is -2.33. The van der Waals surface area contributed by atoms with Crippen molar-refractivity contribution in [2.45, 2.75) is 43.7 Å². The van der Waals surface area contributed by atoms with Crippen LogP contribution in [-0.4, -0.2) is 20.4 Å². The maximum Gasteiger partial charge on any atom is 0.417 e. The van der Waals surface area contributed by atoms with Gasteiger partial charge in [-0.15, -0.1) is 10.8 Å². The van der Waals surface area contributed by atoms with E-state index in [1.165, 1.54) is 10.4 Å². The van der Waals surface area contributed by atoms with Gasteiger partial charge in [0.2, 0.25) is 0 Å². The van der Waals surface area contributed by atoms with Gasteiger partial charge in [-0.3, -0.25) is 13.4 Å². The van der Waals surface area contributed by atoms with Gasteiger partial charge in [-0.1, -0.05) is 0 Å². The Kier molecular flexibility index (Phi) is 3.60. The van der Waals surface area contributed by atoms with E-state index in [9.17, 15) is 22.3 Å². The molecule has 0 amide bonds. The highest BCUT2D eigenvalue weighted by atomic mass is 32.3. The summed E-state index contributed by atoms with van der Waals surface area (Å²) in [4.78, 5) is 0. The van der Waals surface area contributed by atoms with Crippen molar-refractivity contribution in [1.82, 2.24) is 0 Å². The van der Waals surface area contributed by atoms with Gasteiger partial charge in [0.25, 0.3) is 0 Å². The number of hydrogen-bond donors (Lipinski definition) is 2. The summed E-state index contributed by atoms with van der Waals surface area (Å²) >= 11 is 0. The lowest BCUT2D eigenvalue weighted by molar-refractivity contribution is -0.137. The van der Waals surface area contributed by atoms with Crippen molar-refractivity contribution in [2.75, 3.05) is 4.31 Å². The third-order valence-corrected chi connectivity index (χ3v) is 8.72. The Labute approximate surface area is 145 Å². The summed E-state index contributed by atoms with van der Waals surface area (Å²) in [6.07, 6.45) is -1.66. The average molecular weight is 372 g/mol. The number of alkyl halides is 3. The molecule has 2 N–H and O–H groups in total. The fourth-order valence-electron chi connectivity index (χ4n) is 5.34. The molecule has 1 aliphatic heterocycles. The van der Waals surface area contributed by atoms with Gasteiger partial charge < -0.3 is 0 Å². The van der Waals surface area contributed by atoms with Crippen molar-refractivity contribution in [2.24, 2.45) is 17.8 Å². The van der Waals surface area contributed by atoms with Crippen LogP contribution in [0.5, 0.6) is 0 Å². The van der Waals surface area contributed by atoms with E-state index in [2.05, 4.69) is 0 Å². The van der Waals surface area contributed by atoms with Crippen molar-refractivity contribution in [3.8, 4) is 6.07 Å². The molecule has 1 saturated heterocycles. The van der Waals surface area contributed by atoms with E-state index < -0.39 is 28.1 Å². The molecule has 25 heavy (non-hydrogen) atoms. The second kappa shape index (κ2) is 5.29. The zero-order chi connectivity index (χ0) is 18.1. The molecule has 8 heteroatoms. The normalized spacial score (nSPS) is 37.0. The number of fused-ring (bicyclic) bond motifs is 5. The molecule has 0 aromatic heterocycles. The first-order valence-electron chi connectivity index (χ1n) is 8.34. The first kappa shape index (κ1) is 17.0. The Hall–Kier alpha value is -1.43. The molecule has 1 heterocycles. The number of halogens is 3. The van der Waals surface area contributed by atoms with E-state index in [0.717, 1.165) is 31.4 Å². The highest BCUT2D eigenvalue weighted by Crippen LogP contribution is 2.71. The zero-order valence-corrected chi connectivity index (χ0v) is 14.4. The minimum Gasteiger partial charge on any atom is -0.281 e. The third kappa shape index (κ3) is 2.29. The molecule has 3 fully saturated rings. The molecule has 5 atom stereocenters. The number of rotatable bonds is 1. The van der Waals surface area contributed by atoms with E-state index in [1.54, 1.807) is 6.07 Å². The van der Waals surface area contributed by atoms with Crippen molar-refractivity contribution < 1.29 is 22.3 Å². The molecule has 0 spiro atoms. The predicted molar refractivity (Wildman–Crippen MR) is 89.1 cm³/mol. The summed E-state index contributed by atoms with van der Waals surface area (Å²) in [5.41, 5.74) is -1.36. The smallest absolute Gasteiger partial charge is 0.281 e. The van der Waals surface area contributed by atoms with E-state index in [0.29, 0.717) is 5.92 Å². The van der Waals surface area contributed by atoms with Gasteiger partial charge in [0.15, 0.2) is 0 Å². The summed E-state index contributed by atoms with van der Waals surface area (Å²) in [5, 5.41) is 8.69. The molecule has 1 aromatic rings. The SMILES string of the molecule is C[C@@H]1[C@H]2[C@H]3CC[C@H](C3)[C@H]2S(O)(O)N1c1ccc(C#N)c(C(F)(F)F)c1. The fourth-order valence-corrected chi connectivity index (χ4v) is 8.30. The number of benzene rings is 1. The van der Waals surface area contributed by atoms with E-state index in [-0.39, 0.29) is 28.8 Å². The molecule has 2 saturated carbocycles. The summed E-state index contributed by atoms with van der Waals surface area (Å²) < 4.78 is 63.0. The standard InChI is InChI=1S/C17H19F3N2O2S/c1-9-15-10-2-3-11(6-10)16(15)25(23,24)22(9)13-5-4-12(8-21)14(7-13)17(18,19)20/h4-5,7,9-11,15-16,23-24H,2-3,6H2,1H3/t9-,10+,11-,15+,16-/m1/s1. The number of nitriles is 1. The van der Waals surface area contributed by atoms with Gasteiger partial charge in [0.1, 0.15) is 0 Å². The van der Waals surface area contributed by atoms with Gasteiger partial charge in [-0.05, 0) is 56.2 Å². The number of hydrogen-bond acceptors (Lipinski definition) is 4. The molecular weight excluding hydrogens is 353 g/mol. The lowest BCUT2D eigenvalue weighted by Gasteiger charge is -2.45. The lowest BCUT2D eigenvalue weighted by atomic mass is 9.83. The van der Waals surface area contributed by atoms with Gasteiger partial charge in [0, 0.05) is 5.92 Å². The van der Waals surface area contributed by atoms with Gasteiger partial charge in [0.05, 0.1) is 34.2 Å². The summed E-state index contributed by atoms with van der Waals surface area (Å²) in [7, 11) is -3.20. The Bertz CT molecular complexity index is 761. The van der Waals surface area contributed by atoms with Crippen LogP contribution in [0.3, 0.4) is 0 Å². The Balaban J connectivity index is 1.79. The molecule has 0 unspecified atom stereocenters. The van der Waals surface area contributed by atoms with Crippen LogP contribution >= 0.6 is 10.8 Å². The van der Waals surface area contributed by atoms with Crippen LogP contribution in [0.25, 0.3) is 0 Å². The van der Waals surface area contributed by atoms with Crippen molar-refractivity contribution in [3.63, 3.8) is 0 Å². The van der Waals surface area contributed by atoms with E-state index in [1.807, 2.05) is 6.92 Å². The van der Waals surface area contributed by atoms with Crippen LogP contribution in [0.4, 0.5) is 18.9 Å². The first-order chi connectivity index (χ1) is 11.7. The van der Waals surface area contributed by atoms with Crippen LogP contribution in [0.1, 0.15) is 37.3 Å². The maximum atomic E-state index is 13.3. The fraction of sp³-hybridized carbons (Fsp3) is 0.588. The molecule has 1 aromatic carbocycles. The second-order valence-electron chi connectivity index (χ2n) is 7.34. The van der Waals surface area contributed by atoms with Crippen molar-refractivity contribution in [1.29, 1.82) is 5.26 Å². The largest absolute Gasteiger partial charge is 0.417 e. The second-order valence-corrected chi connectivity index (χ2v) is 9.40. The quantitative estimate of drug-likeness (QED) is 0.738. The summed E-state index contributed by atoms with van der Waals surface area (Å²) in [5.74, 6) is 0.767. The van der Waals surface area contributed by atoms with Crippen LogP contribution in [0.2, 0.25) is 0 Å². The Morgan fingerprint density at radius 1 is 1.24 bits per heavy atom. The number of anilines is 1. The minimum atomic E-state index is -4.66. The van der Waals surface area contributed by atoms with Gasteiger partial charge >= 0.3 is 6.18 Å². The van der Waals surface area contributed by atoms with Gasteiger partial charge in [-0.2, -0.15) is 18.4 Å². The first-order valence-corrected chi connectivity index (χ1v) is 9.90. The molecule has 2 aliphatic carbocycles. The monoisotopic (exact) mass is 372 g/mol. The summed E-state index contributed by atoms with van der Waals surface area (Å²) in [6, 6.07) is 4.71. The highest BCUT2D eigenvalue weighted by Gasteiger charge is 2.62. The maximum absolute atomic E-state index is 13.3. The van der Waals surface area contributed by atoms with E-state index >= 15 is 0 Å². The van der Waals surface area contributed by atoms with Gasteiger partial charge in [-0.25, -0.2) is 0 Å². The molecule has 3 aliphatic rings. The Morgan fingerprint density at radius 3 is 2.52 bits per heavy atom. The van der Waals surface area contributed by atoms with Crippen molar-refractivity contribution in [3.05, 3.63) is 29.3 Å². The van der Waals surface area contributed by atoms with Crippen molar-refractivity contribution >= 4 is 16.5 Å². The molecule has 4 rings (SSSR count). The number of nitrogens with zero attached hydrogens (tertiary/aromatic N) is 2. The average Bonchev–Trinajstić information content (AvgIpc) is 3.19. The highest BCUT2D eigenvalue weighted by molar-refractivity contribution is 8.26. The molecule has 4 nitrogen and oxygen atoms in total. The van der Waals surface area contributed by atoms with Crippen LogP contribution < -0.4 is 4.31 Å². The topological polar surface area (TPSA) is 67.5 Å². The van der Waals surface area contributed by atoms with Crippen LogP contribution in [0, 0.1) is 29.1 Å². The van der Waals surface area contributed by atoms with E-state index in [4.69, 9.17) is 5.26 Å². The molecule has 136 valence electrons. The predicted octanol–water partition coefficient (Wildman–Crippen LogP) is 4.87.